The molecule has 4 aromatic rings. The number of carbonyl (C=O) groups excluding carboxylic acids is 2. The maximum atomic E-state index is 12.9. The number of aryl methyl sites for hydroxylation is 1. The maximum absolute atomic E-state index is 12.9. The van der Waals surface area contributed by atoms with Crippen molar-refractivity contribution in [1.29, 1.82) is 0 Å². The van der Waals surface area contributed by atoms with E-state index in [0.29, 0.717) is 28.8 Å². The first-order valence-corrected chi connectivity index (χ1v) is 15.2. The topological polar surface area (TPSA) is 102 Å². The minimum Gasteiger partial charge on any atom is -0.406 e. The van der Waals surface area contributed by atoms with E-state index in [1.54, 1.807) is 12.1 Å². The fraction of sp³-hybridized carbons (Fsp3) is 0.281. The molecule has 9 nitrogen and oxygen atoms in total. The van der Waals surface area contributed by atoms with E-state index in [9.17, 15) is 22.8 Å². The molecule has 5 rings (SSSR count). The first-order valence-electron chi connectivity index (χ1n) is 14.2. The number of amidine groups is 1. The summed E-state index contributed by atoms with van der Waals surface area (Å²) >= 11 is 1.23. The van der Waals surface area contributed by atoms with Gasteiger partial charge >= 0.3 is 12.4 Å². The molecule has 1 fully saturated rings. The molecule has 1 saturated heterocycles. The highest BCUT2D eigenvalue weighted by Gasteiger charge is 2.33. The second-order valence-corrected chi connectivity index (χ2v) is 11.9. The molecule has 1 aliphatic heterocycles. The molecule has 1 unspecified atom stereocenters. The molecule has 1 aliphatic rings. The largest absolute Gasteiger partial charge is 0.573 e. The van der Waals surface area contributed by atoms with Crippen LogP contribution in [0.5, 0.6) is 5.75 Å². The lowest BCUT2D eigenvalue weighted by molar-refractivity contribution is -0.274. The SMILES string of the molecule is Cc1ccc(C(C)C)c(N2C(=O)CSC2=NC(=O)Nc2ccc(C(C)Cc3ncn(-c4ccc(OC(F)(F)F)cc4)n3)cc2)c1. The summed E-state index contributed by atoms with van der Waals surface area (Å²) in [5.41, 5.74) is 4.85. The minimum absolute atomic E-state index is 0.0346. The van der Waals surface area contributed by atoms with Gasteiger partial charge in [-0.25, -0.2) is 14.5 Å². The van der Waals surface area contributed by atoms with Crippen LogP contribution < -0.4 is 15.0 Å². The van der Waals surface area contributed by atoms with E-state index in [1.807, 2.05) is 44.2 Å². The Bertz CT molecular complexity index is 1720. The third kappa shape index (κ3) is 7.90. The van der Waals surface area contributed by atoms with E-state index < -0.39 is 12.4 Å². The van der Waals surface area contributed by atoms with Crippen molar-refractivity contribution in [2.45, 2.75) is 52.3 Å². The Balaban J connectivity index is 1.21. The van der Waals surface area contributed by atoms with Crippen molar-refractivity contribution >= 4 is 40.2 Å². The highest BCUT2D eigenvalue weighted by Crippen LogP contribution is 2.34. The van der Waals surface area contributed by atoms with Crippen LogP contribution in [-0.4, -0.2) is 44.0 Å². The van der Waals surface area contributed by atoms with Crippen molar-refractivity contribution in [3.05, 3.63) is 95.6 Å². The Hall–Kier alpha value is -4.65. The zero-order valence-corrected chi connectivity index (χ0v) is 25.8. The number of amides is 3. The van der Waals surface area contributed by atoms with Crippen molar-refractivity contribution < 1.29 is 27.5 Å². The molecule has 234 valence electrons. The van der Waals surface area contributed by atoms with Gasteiger partial charge in [0.1, 0.15) is 12.1 Å². The van der Waals surface area contributed by atoms with Crippen LogP contribution in [0.2, 0.25) is 0 Å². The number of rotatable bonds is 8. The zero-order chi connectivity index (χ0) is 32.3. The summed E-state index contributed by atoms with van der Waals surface area (Å²) in [6.07, 6.45) is -2.74. The van der Waals surface area contributed by atoms with Gasteiger partial charge in [0.05, 0.1) is 17.1 Å². The molecule has 3 aromatic carbocycles. The lowest BCUT2D eigenvalue weighted by Crippen LogP contribution is -2.31. The van der Waals surface area contributed by atoms with Gasteiger partial charge < -0.3 is 10.1 Å². The molecule has 1 atom stereocenters. The predicted molar refractivity (Wildman–Crippen MR) is 168 cm³/mol. The standard InChI is InChI=1S/C32H31F3N6O3S/c1-19(2)26-14-5-20(3)15-27(26)41-29(42)17-45-31(41)38-30(43)37-23-8-6-22(7-9-23)21(4)16-28-36-18-40(39-28)24-10-12-25(13-11-24)44-32(33,34)35/h5-15,18-19,21H,16-17H2,1-4H3,(H,37,43). The first-order chi connectivity index (χ1) is 21.4. The summed E-state index contributed by atoms with van der Waals surface area (Å²) in [5, 5.41) is 7.57. The number of nitrogens with one attached hydrogen (secondary N) is 1. The van der Waals surface area contributed by atoms with E-state index in [2.05, 4.69) is 39.0 Å². The van der Waals surface area contributed by atoms with E-state index in [4.69, 9.17) is 0 Å². The highest BCUT2D eigenvalue weighted by molar-refractivity contribution is 8.15. The summed E-state index contributed by atoms with van der Waals surface area (Å²) in [5.74, 6) is 0.556. The first kappa shape index (κ1) is 31.8. The summed E-state index contributed by atoms with van der Waals surface area (Å²) in [4.78, 5) is 35.8. The van der Waals surface area contributed by atoms with Crippen molar-refractivity contribution in [3.8, 4) is 11.4 Å². The van der Waals surface area contributed by atoms with E-state index >= 15 is 0 Å². The lowest BCUT2D eigenvalue weighted by atomic mass is 9.97. The number of aromatic nitrogens is 3. The molecule has 0 saturated carbocycles. The van der Waals surface area contributed by atoms with Gasteiger partial charge in [0.15, 0.2) is 11.0 Å². The Morgan fingerprint density at radius 3 is 2.44 bits per heavy atom. The van der Waals surface area contributed by atoms with Crippen LogP contribution in [-0.2, 0) is 11.2 Å². The van der Waals surface area contributed by atoms with Gasteiger partial charge in [0, 0.05) is 12.1 Å². The average Bonchev–Trinajstić information content (AvgIpc) is 3.58. The van der Waals surface area contributed by atoms with Gasteiger partial charge in [-0.15, -0.1) is 13.2 Å². The number of aliphatic imine (C=N–C) groups is 1. The third-order valence-electron chi connectivity index (χ3n) is 7.11. The molecule has 0 radical (unpaired) electrons. The third-order valence-corrected chi connectivity index (χ3v) is 8.03. The molecule has 1 aromatic heterocycles. The summed E-state index contributed by atoms with van der Waals surface area (Å²) in [7, 11) is 0. The second kappa shape index (κ2) is 13.1. The number of carbonyl (C=O) groups is 2. The van der Waals surface area contributed by atoms with Crippen molar-refractivity contribution in [3.63, 3.8) is 0 Å². The fourth-order valence-corrected chi connectivity index (χ4v) is 5.72. The summed E-state index contributed by atoms with van der Waals surface area (Å²) < 4.78 is 42.6. The number of hydrogen-bond acceptors (Lipinski definition) is 6. The predicted octanol–water partition coefficient (Wildman–Crippen LogP) is 7.61. The van der Waals surface area contributed by atoms with Crippen LogP contribution in [0.4, 0.5) is 29.3 Å². The van der Waals surface area contributed by atoms with Crippen LogP contribution in [0.1, 0.15) is 55.1 Å². The van der Waals surface area contributed by atoms with Crippen LogP contribution in [0, 0.1) is 6.92 Å². The van der Waals surface area contributed by atoms with E-state index in [1.165, 1.54) is 51.9 Å². The number of anilines is 2. The Kier molecular flexibility index (Phi) is 9.28. The van der Waals surface area contributed by atoms with Crippen LogP contribution in [0.15, 0.2) is 78.0 Å². The number of alkyl halides is 3. The van der Waals surface area contributed by atoms with Crippen LogP contribution in [0.3, 0.4) is 0 Å². The van der Waals surface area contributed by atoms with Crippen molar-refractivity contribution in [2.24, 2.45) is 4.99 Å². The van der Waals surface area contributed by atoms with Crippen molar-refractivity contribution in [1.82, 2.24) is 14.8 Å². The smallest absolute Gasteiger partial charge is 0.406 e. The molecular formula is C32H31F3N6O3S. The van der Waals surface area contributed by atoms with Gasteiger partial charge in [-0.05, 0) is 77.9 Å². The van der Waals surface area contributed by atoms with E-state index in [0.717, 1.165) is 22.4 Å². The minimum atomic E-state index is -4.76. The van der Waals surface area contributed by atoms with Gasteiger partial charge in [0.25, 0.3) is 0 Å². The molecule has 1 N–H and O–H groups in total. The highest BCUT2D eigenvalue weighted by atomic mass is 32.2. The number of halogens is 3. The number of benzene rings is 3. The molecule has 0 bridgehead atoms. The lowest BCUT2D eigenvalue weighted by Gasteiger charge is -2.22. The summed E-state index contributed by atoms with van der Waals surface area (Å²) in [6.45, 7) is 8.09. The molecule has 3 amide bonds. The fourth-order valence-electron chi connectivity index (χ4n) is 4.86. The van der Waals surface area contributed by atoms with Gasteiger partial charge in [-0.2, -0.15) is 10.1 Å². The van der Waals surface area contributed by atoms with Gasteiger partial charge in [0.2, 0.25) is 5.91 Å². The van der Waals surface area contributed by atoms with Crippen LogP contribution >= 0.6 is 11.8 Å². The normalized spacial score (nSPS) is 15.2. The molecule has 0 aliphatic carbocycles. The Morgan fingerprint density at radius 1 is 1.07 bits per heavy atom. The number of hydrogen-bond donors (Lipinski definition) is 1. The quantitative estimate of drug-likeness (QED) is 0.214. The number of ether oxygens (including phenoxy) is 1. The monoisotopic (exact) mass is 636 g/mol. The van der Waals surface area contributed by atoms with Gasteiger partial charge in [-0.3, -0.25) is 9.69 Å². The molecular weight excluding hydrogens is 605 g/mol. The molecule has 13 heteroatoms. The average molecular weight is 637 g/mol. The number of nitrogens with zero attached hydrogens (tertiary/aromatic N) is 5. The molecule has 2 heterocycles. The summed E-state index contributed by atoms with van der Waals surface area (Å²) in [6, 6.07) is 18.1. The number of urea groups is 1. The van der Waals surface area contributed by atoms with E-state index in [-0.39, 0.29) is 29.2 Å². The van der Waals surface area contributed by atoms with Crippen molar-refractivity contribution in [2.75, 3.05) is 16.0 Å². The Morgan fingerprint density at radius 2 is 1.78 bits per heavy atom. The van der Waals surface area contributed by atoms with Crippen LogP contribution in [0.25, 0.3) is 5.69 Å². The Labute approximate surface area is 262 Å². The number of thioether (sulfide) groups is 1. The zero-order valence-electron chi connectivity index (χ0n) is 25.0. The second-order valence-electron chi connectivity index (χ2n) is 10.9. The van der Waals surface area contributed by atoms with Gasteiger partial charge in [-0.1, -0.05) is 56.8 Å². The molecule has 45 heavy (non-hydrogen) atoms. The molecule has 0 spiro atoms. The maximum Gasteiger partial charge on any atom is 0.573 e.